The zero-order valence-electron chi connectivity index (χ0n) is 20.5. The van der Waals surface area contributed by atoms with Gasteiger partial charge in [0.1, 0.15) is 5.75 Å². The molecule has 2 aliphatic heterocycles. The minimum absolute atomic E-state index is 0.0181. The lowest BCUT2D eigenvalue weighted by Crippen LogP contribution is -2.72. The van der Waals surface area contributed by atoms with Gasteiger partial charge in [-0.3, -0.25) is 9.69 Å². The first-order valence-electron chi connectivity index (χ1n) is 12.1. The first-order chi connectivity index (χ1) is 17.5. The smallest absolute Gasteiger partial charge is 0.337 e. The summed E-state index contributed by atoms with van der Waals surface area (Å²) in [6, 6.07) is 23.5. The SMILES string of the molecule is COC(=O)c1ccc(CN2CC(=O)N3[C@H](CO)[C@@H](c4ccc(-c5ccc(OC)cc5)cc4)[C@H]3C2)cc1. The molecule has 0 saturated carbocycles. The molecule has 3 aromatic carbocycles. The fraction of sp³-hybridized carbons (Fsp3) is 0.310. The van der Waals surface area contributed by atoms with Crippen LogP contribution in [0.2, 0.25) is 0 Å². The molecule has 186 valence electrons. The Kier molecular flexibility index (Phi) is 6.76. The van der Waals surface area contributed by atoms with Crippen molar-refractivity contribution in [3.05, 3.63) is 89.5 Å². The lowest BCUT2D eigenvalue weighted by Gasteiger charge is -2.59. The maximum absolute atomic E-state index is 13.0. The summed E-state index contributed by atoms with van der Waals surface area (Å²) < 4.78 is 10.0. The minimum Gasteiger partial charge on any atom is -0.497 e. The van der Waals surface area contributed by atoms with Crippen molar-refractivity contribution in [3.8, 4) is 16.9 Å². The number of benzene rings is 3. The molecule has 5 rings (SSSR count). The first-order valence-corrected chi connectivity index (χ1v) is 12.1. The van der Waals surface area contributed by atoms with E-state index in [9.17, 15) is 14.7 Å². The van der Waals surface area contributed by atoms with Crippen molar-refractivity contribution in [3.63, 3.8) is 0 Å². The number of methoxy groups -OCH3 is 2. The highest BCUT2D eigenvalue weighted by atomic mass is 16.5. The van der Waals surface area contributed by atoms with Gasteiger partial charge in [0.15, 0.2) is 0 Å². The molecule has 0 bridgehead atoms. The van der Waals surface area contributed by atoms with E-state index in [-0.39, 0.29) is 36.5 Å². The van der Waals surface area contributed by atoms with Crippen LogP contribution in [0.5, 0.6) is 5.75 Å². The van der Waals surface area contributed by atoms with Crippen molar-refractivity contribution >= 4 is 11.9 Å². The Balaban J connectivity index is 1.30. The molecule has 3 aromatic rings. The average molecular weight is 487 g/mol. The number of esters is 1. The van der Waals surface area contributed by atoms with Crippen LogP contribution in [0.3, 0.4) is 0 Å². The molecule has 0 aliphatic carbocycles. The standard InChI is InChI=1S/C29H30N2O5/c1-35-24-13-11-21(12-14-24)20-7-9-22(10-8-20)28-25-16-30(17-27(33)31(25)26(28)18-32)15-19-3-5-23(6-4-19)29(34)36-2/h3-14,25-26,28,32H,15-18H2,1-2H3/t25-,26-,28+/m1/s1. The average Bonchev–Trinajstić information content (AvgIpc) is 2.90. The van der Waals surface area contributed by atoms with E-state index < -0.39 is 0 Å². The Morgan fingerprint density at radius 2 is 1.58 bits per heavy atom. The number of amides is 1. The molecule has 1 amide bonds. The molecule has 36 heavy (non-hydrogen) atoms. The van der Waals surface area contributed by atoms with Gasteiger partial charge in [-0.2, -0.15) is 0 Å². The van der Waals surface area contributed by atoms with E-state index in [1.165, 1.54) is 7.11 Å². The first kappa shape index (κ1) is 24.0. The maximum atomic E-state index is 13.0. The number of rotatable bonds is 7. The molecule has 2 saturated heterocycles. The molecular weight excluding hydrogens is 456 g/mol. The Morgan fingerprint density at radius 3 is 2.17 bits per heavy atom. The number of hydrogen-bond donors (Lipinski definition) is 1. The lowest BCUT2D eigenvalue weighted by atomic mass is 9.73. The maximum Gasteiger partial charge on any atom is 0.337 e. The molecule has 3 atom stereocenters. The van der Waals surface area contributed by atoms with E-state index in [0.29, 0.717) is 18.7 Å². The van der Waals surface area contributed by atoms with Crippen LogP contribution in [0.1, 0.15) is 27.4 Å². The number of ether oxygens (including phenoxy) is 2. The lowest BCUT2D eigenvalue weighted by molar-refractivity contribution is -0.162. The summed E-state index contributed by atoms with van der Waals surface area (Å²) in [5.41, 5.74) is 4.88. The van der Waals surface area contributed by atoms with Crippen molar-refractivity contribution in [1.82, 2.24) is 9.80 Å². The molecule has 2 heterocycles. The second-order valence-electron chi connectivity index (χ2n) is 9.35. The molecule has 7 heteroatoms. The second kappa shape index (κ2) is 10.1. The van der Waals surface area contributed by atoms with Crippen LogP contribution in [0.4, 0.5) is 0 Å². The van der Waals surface area contributed by atoms with Gasteiger partial charge in [-0.25, -0.2) is 4.79 Å². The number of aliphatic hydroxyl groups is 1. The van der Waals surface area contributed by atoms with E-state index in [1.807, 2.05) is 41.3 Å². The summed E-state index contributed by atoms with van der Waals surface area (Å²) in [6.45, 7) is 1.60. The summed E-state index contributed by atoms with van der Waals surface area (Å²) in [6.07, 6.45) is 0. The fourth-order valence-corrected chi connectivity index (χ4v) is 5.49. The molecule has 0 aromatic heterocycles. The number of carbonyl (C=O) groups is 2. The van der Waals surface area contributed by atoms with E-state index in [0.717, 1.165) is 34.5 Å². The summed E-state index contributed by atoms with van der Waals surface area (Å²) in [7, 11) is 3.02. The predicted molar refractivity (Wildman–Crippen MR) is 136 cm³/mol. The third kappa shape index (κ3) is 4.47. The Bertz CT molecular complexity index is 1220. The monoisotopic (exact) mass is 486 g/mol. The number of aliphatic hydroxyl groups excluding tert-OH is 1. The number of carbonyl (C=O) groups excluding carboxylic acids is 2. The van der Waals surface area contributed by atoms with Crippen LogP contribution in [0, 0.1) is 0 Å². The van der Waals surface area contributed by atoms with Crippen molar-refractivity contribution in [1.29, 1.82) is 0 Å². The van der Waals surface area contributed by atoms with Gasteiger partial charge < -0.3 is 19.5 Å². The topological polar surface area (TPSA) is 79.3 Å². The fourth-order valence-electron chi connectivity index (χ4n) is 5.49. The Morgan fingerprint density at radius 1 is 0.944 bits per heavy atom. The van der Waals surface area contributed by atoms with Gasteiger partial charge in [0, 0.05) is 19.0 Å². The Hall–Kier alpha value is -3.68. The van der Waals surface area contributed by atoms with Crippen LogP contribution in [0.25, 0.3) is 11.1 Å². The van der Waals surface area contributed by atoms with Gasteiger partial charge in [0.05, 0.1) is 45.0 Å². The van der Waals surface area contributed by atoms with Crippen LogP contribution in [0.15, 0.2) is 72.8 Å². The van der Waals surface area contributed by atoms with Crippen LogP contribution in [-0.2, 0) is 16.1 Å². The van der Waals surface area contributed by atoms with Crippen molar-refractivity contribution in [2.45, 2.75) is 24.5 Å². The van der Waals surface area contributed by atoms with Crippen LogP contribution in [-0.4, -0.2) is 72.8 Å². The van der Waals surface area contributed by atoms with E-state index in [2.05, 4.69) is 29.2 Å². The predicted octanol–water partition coefficient (Wildman–Crippen LogP) is 3.32. The second-order valence-corrected chi connectivity index (χ2v) is 9.35. The van der Waals surface area contributed by atoms with Gasteiger partial charge in [0.2, 0.25) is 5.91 Å². The number of nitrogens with zero attached hydrogens (tertiary/aromatic N) is 2. The minimum atomic E-state index is -0.365. The molecule has 1 N–H and O–H groups in total. The van der Waals surface area contributed by atoms with Crippen LogP contribution < -0.4 is 4.74 Å². The molecule has 0 spiro atoms. The van der Waals surface area contributed by atoms with E-state index in [4.69, 9.17) is 9.47 Å². The van der Waals surface area contributed by atoms with E-state index in [1.54, 1.807) is 19.2 Å². The molecule has 7 nitrogen and oxygen atoms in total. The van der Waals surface area contributed by atoms with Crippen molar-refractivity contribution in [2.24, 2.45) is 0 Å². The third-order valence-corrected chi connectivity index (χ3v) is 7.32. The van der Waals surface area contributed by atoms with Crippen LogP contribution >= 0.6 is 0 Å². The molecular formula is C29H30N2O5. The van der Waals surface area contributed by atoms with Gasteiger partial charge in [-0.05, 0) is 46.5 Å². The number of fused-ring (bicyclic) bond motifs is 1. The zero-order valence-corrected chi connectivity index (χ0v) is 20.5. The molecule has 0 unspecified atom stereocenters. The van der Waals surface area contributed by atoms with Gasteiger partial charge in [-0.15, -0.1) is 0 Å². The van der Waals surface area contributed by atoms with E-state index >= 15 is 0 Å². The summed E-state index contributed by atoms with van der Waals surface area (Å²) >= 11 is 0. The molecule has 0 radical (unpaired) electrons. The van der Waals surface area contributed by atoms with Crippen molar-refractivity contribution in [2.75, 3.05) is 33.9 Å². The summed E-state index contributed by atoms with van der Waals surface area (Å²) in [5.74, 6) is 0.577. The highest BCUT2D eigenvalue weighted by Crippen LogP contribution is 2.43. The third-order valence-electron chi connectivity index (χ3n) is 7.32. The highest BCUT2D eigenvalue weighted by Gasteiger charge is 2.53. The largest absolute Gasteiger partial charge is 0.497 e. The molecule has 2 aliphatic rings. The Labute approximate surface area is 210 Å². The summed E-state index contributed by atoms with van der Waals surface area (Å²) in [4.78, 5) is 28.7. The van der Waals surface area contributed by atoms with Gasteiger partial charge in [-0.1, -0.05) is 48.5 Å². The highest BCUT2D eigenvalue weighted by molar-refractivity contribution is 5.89. The van der Waals surface area contributed by atoms with Crippen molar-refractivity contribution < 1.29 is 24.2 Å². The van der Waals surface area contributed by atoms with Gasteiger partial charge in [0.25, 0.3) is 0 Å². The quantitative estimate of drug-likeness (QED) is 0.516. The molecule has 2 fully saturated rings. The normalized spacial score (nSPS) is 21.5. The number of piperazine rings is 1. The summed E-state index contributed by atoms with van der Waals surface area (Å²) in [5, 5.41) is 10.1. The van der Waals surface area contributed by atoms with Gasteiger partial charge >= 0.3 is 5.97 Å². The zero-order chi connectivity index (χ0) is 25.2. The number of hydrogen-bond acceptors (Lipinski definition) is 6.